The molecule has 0 saturated carbocycles. The molecule has 0 spiro atoms. The molecular formula is C9H17NO2. The van der Waals surface area contributed by atoms with Crippen LogP contribution in [0.4, 0.5) is 0 Å². The summed E-state index contributed by atoms with van der Waals surface area (Å²) in [6.45, 7) is 6.27. The summed E-state index contributed by atoms with van der Waals surface area (Å²) >= 11 is 0. The van der Waals surface area contributed by atoms with E-state index in [-0.39, 0.29) is 5.91 Å². The van der Waals surface area contributed by atoms with Crippen LogP contribution in [-0.4, -0.2) is 30.7 Å². The summed E-state index contributed by atoms with van der Waals surface area (Å²) in [5.41, 5.74) is 0. The molecule has 12 heavy (non-hydrogen) atoms. The summed E-state index contributed by atoms with van der Waals surface area (Å²) in [5.74, 6) is 0.670. The number of rotatable bonds is 2. The molecule has 0 radical (unpaired) electrons. The zero-order valence-electron chi connectivity index (χ0n) is 7.88. The number of amides is 1. The molecule has 0 unspecified atom stereocenters. The molecule has 1 fully saturated rings. The Morgan fingerprint density at radius 2 is 2.33 bits per heavy atom. The fourth-order valence-electron chi connectivity index (χ4n) is 1.27. The van der Waals surface area contributed by atoms with E-state index >= 15 is 0 Å². The third-order valence-electron chi connectivity index (χ3n) is 1.90. The summed E-state index contributed by atoms with van der Waals surface area (Å²) in [7, 11) is 0. The molecule has 0 N–H and O–H groups in total. The number of nitrogens with zero attached hydrogens (tertiary/aromatic N) is 1. The minimum atomic E-state index is 0.227. The van der Waals surface area contributed by atoms with Gasteiger partial charge < -0.3 is 9.64 Å². The van der Waals surface area contributed by atoms with Crippen LogP contribution >= 0.6 is 0 Å². The van der Waals surface area contributed by atoms with Crippen molar-refractivity contribution in [2.75, 3.05) is 19.9 Å². The second kappa shape index (κ2) is 4.45. The molecule has 1 saturated heterocycles. The van der Waals surface area contributed by atoms with E-state index in [4.69, 9.17) is 4.74 Å². The van der Waals surface area contributed by atoms with Crippen molar-refractivity contribution in [3.05, 3.63) is 0 Å². The van der Waals surface area contributed by atoms with Crippen LogP contribution in [-0.2, 0) is 9.53 Å². The second-order valence-electron chi connectivity index (χ2n) is 3.65. The van der Waals surface area contributed by atoms with Gasteiger partial charge in [-0.05, 0) is 12.3 Å². The molecule has 0 bridgehead atoms. The van der Waals surface area contributed by atoms with E-state index < -0.39 is 0 Å². The van der Waals surface area contributed by atoms with Crippen molar-refractivity contribution < 1.29 is 9.53 Å². The summed E-state index contributed by atoms with van der Waals surface area (Å²) < 4.78 is 5.19. The maximum absolute atomic E-state index is 11.5. The number of ether oxygens (including phenoxy) is 1. The van der Waals surface area contributed by atoms with Gasteiger partial charge in [0.05, 0.1) is 6.61 Å². The quantitative estimate of drug-likeness (QED) is 0.625. The lowest BCUT2D eigenvalue weighted by Crippen LogP contribution is -2.38. The molecule has 1 heterocycles. The van der Waals surface area contributed by atoms with Gasteiger partial charge in [0, 0.05) is 13.0 Å². The lowest BCUT2D eigenvalue weighted by molar-refractivity contribution is -0.141. The highest BCUT2D eigenvalue weighted by atomic mass is 16.5. The van der Waals surface area contributed by atoms with E-state index in [1.54, 1.807) is 4.90 Å². The van der Waals surface area contributed by atoms with Crippen molar-refractivity contribution in [3.63, 3.8) is 0 Å². The first kappa shape index (κ1) is 9.52. The van der Waals surface area contributed by atoms with E-state index in [2.05, 4.69) is 13.8 Å². The van der Waals surface area contributed by atoms with E-state index in [1.165, 1.54) is 0 Å². The number of carbonyl (C=O) groups is 1. The summed E-state index contributed by atoms with van der Waals surface area (Å²) in [6, 6.07) is 0. The van der Waals surface area contributed by atoms with Crippen LogP contribution < -0.4 is 0 Å². The van der Waals surface area contributed by atoms with Crippen LogP contribution in [0.5, 0.6) is 0 Å². The normalized spacial score (nSPS) is 18.4. The Kier molecular flexibility index (Phi) is 3.53. The van der Waals surface area contributed by atoms with E-state index in [0.29, 0.717) is 19.1 Å². The minimum Gasteiger partial charge on any atom is -0.361 e. The standard InChI is InChI=1S/C9H17NO2/c1-8(2)6-9(11)10-4-3-5-12-7-10/h8H,3-7H2,1-2H3. The van der Waals surface area contributed by atoms with Crippen LogP contribution in [0, 0.1) is 5.92 Å². The van der Waals surface area contributed by atoms with Crippen molar-refractivity contribution in [2.45, 2.75) is 26.7 Å². The number of hydrogen-bond donors (Lipinski definition) is 0. The Morgan fingerprint density at radius 3 is 2.83 bits per heavy atom. The van der Waals surface area contributed by atoms with Crippen molar-refractivity contribution in [3.8, 4) is 0 Å². The third kappa shape index (κ3) is 2.81. The highest BCUT2D eigenvalue weighted by Gasteiger charge is 2.17. The predicted octanol–water partition coefficient (Wildman–Crippen LogP) is 1.24. The molecule has 1 aliphatic rings. The van der Waals surface area contributed by atoms with Gasteiger partial charge in [-0.25, -0.2) is 0 Å². The van der Waals surface area contributed by atoms with Gasteiger partial charge in [0.2, 0.25) is 5.91 Å². The van der Waals surface area contributed by atoms with Crippen LogP contribution in [0.2, 0.25) is 0 Å². The van der Waals surface area contributed by atoms with Crippen LogP contribution in [0.25, 0.3) is 0 Å². The highest BCUT2D eigenvalue weighted by Crippen LogP contribution is 2.07. The Balaban J connectivity index is 2.30. The fourth-order valence-corrected chi connectivity index (χ4v) is 1.27. The molecule has 3 nitrogen and oxygen atoms in total. The minimum absolute atomic E-state index is 0.227. The SMILES string of the molecule is CC(C)CC(=O)N1CCCOC1. The van der Waals surface area contributed by atoms with Crippen molar-refractivity contribution in [1.29, 1.82) is 0 Å². The van der Waals surface area contributed by atoms with Gasteiger partial charge in [0.15, 0.2) is 0 Å². The molecule has 1 amide bonds. The largest absolute Gasteiger partial charge is 0.361 e. The maximum atomic E-state index is 11.5. The third-order valence-corrected chi connectivity index (χ3v) is 1.90. The zero-order chi connectivity index (χ0) is 8.97. The monoisotopic (exact) mass is 171 g/mol. The molecule has 3 heteroatoms. The van der Waals surface area contributed by atoms with Crippen molar-refractivity contribution in [2.24, 2.45) is 5.92 Å². The molecule has 0 atom stereocenters. The smallest absolute Gasteiger partial charge is 0.224 e. The Bertz CT molecular complexity index is 151. The second-order valence-corrected chi connectivity index (χ2v) is 3.65. The molecule has 0 aliphatic carbocycles. The molecule has 0 aromatic heterocycles. The predicted molar refractivity (Wildman–Crippen MR) is 46.6 cm³/mol. The number of hydrogen-bond acceptors (Lipinski definition) is 2. The Labute approximate surface area is 73.7 Å². The zero-order valence-corrected chi connectivity index (χ0v) is 7.88. The van der Waals surface area contributed by atoms with Gasteiger partial charge in [-0.15, -0.1) is 0 Å². The lowest BCUT2D eigenvalue weighted by atomic mass is 10.1. The molecule has 1 aliphatic heterocycles. The Hall–Kier alpha value is -0.570. The highest BCUT2D eigenvalue weighted by molar-refractivity contribution is 5.76. The first-order chi connectivity index (χ1) is 5.70. The lowest BCUT2D eigenvalue weighted by Gasteiger charge is -2.27. The van der Waals surface area contributed by atoms with Gasteiger partial charge in [-0.3, -0.25) is 4.79 Å². The van der Waals surface area contributed by atoms with E-state index in [9.17, 15) is 4.79 Å². The average molecular weight is 171 g/mol. The van der Waals surface area contributed by atoms with Crippen LogP contribution in [0.3, 0.4) is 0 Å². The van der Waals surface area contributed by atoms with Crippen molar-refractivity contribution >= 4 is 5.91 Å². The Morgan fingerprint density at radius 1 is 1.58 bits per heavy atom. The summed E-state index contributed by atoms with van der Waals surface area (Å²) in [6.07, 6.45) is 1.62. The molecule has 0 aromatic carbocycles. The van der Waals surface area contributed by atoms with Gasteiger partial charge in [0.25, 0.3) is 0 Å². The summed E-state index contributed by atoms with van der Waals surface area (Å²) in [5, 5.41) is 0. The number of carbonyl (C=O) groups excluding carboxylic acids is 1. The molecule has 0 aromatic rings. The van der Waals surface area contributed by atoms with Crippen LogP contribution in [0.1, 0.15) is 26.7 Å². The van der Waals surface area contributed by atoms with E-state index in [0.717, 1.165) is 19.6 Å². The molecular weight excluding hydrogens is 154 g/mol. The van der Waals surface area contributed by atoms with Crippen molar-refractivity contribution in [1.82, 2.24) is 4.90 Å². The first-order valence-corrected chi connectivity index (χ1v) is 4.55. The van der Waals surface area contributed by atoms with Gasteiger partial charge in [-0.2, -0.15) is 0 Å². The summed E-state index contributed by atoms with van der Waals surface area (Å²) in [4.78, 5) is 13.2. The molecule has 70 valence electrons. The van der Waals surface area contributed by atoms with Gasteiger partial charge in [0.1, 0.15) is 6.73 Å². The fraction of sp³-hybridized carbons (Fsp3) is 0.889. The average Bonchev–Trinajstić information content (AvgIpc) is 2.05. The van der Waals surface area contributed by atoms with E-state index in [1.807, 2.05) is 0 Å². The first-order valence-electron chi connectivity index (χ1n) is 4.55. The topological polar surface area (TPSA) is 29.5 Å². The van der Waals surface area contributed by atoms with Gasteiger partial charge >= 0.3 is 0 Å². The maximum Gasteiger partial charge on any atom is 0.224 e. The molecule has 1 rings (SSSR count). The van der Waals surface area contributed by atoms with Gasteiger partial charge in [-0.1, -0.05) is 13.8 Å². The van der Waals surface area contributed by atoms with Crippen LogP contribution in [0.15, 0.2) is 0 Å².